The number of fused-ring (bicyclic) bond motifs is 2. The van der Waals surface area contributed by atoms with Crippen molar-refractivity contribution in [1.29, 1.82) is 0 Å². The van der Waals surface area contributed by atoms with E-state index in [1.807, 2.05) is 0 Å². The SMILES string of the molecule is O=C1CC(O)Cc2cc3cc(O)ccc3c(O)c21. The van der Waals surface area contributed by atoms with E-state index in [0.29, 0.717) is 28.3 Å². The number of aliphatic hydroxyl groups excluding tert-OH is 1. The van der Waals surface area contributed by atoms with Crippen LogP contribution in [0, 0.1) is 0 Å². The Balaban J connectivity index is 2.34. The van der Waals surface area contributed by atoms with Crippen molar-refractivity contribution >= 4 is 16.6 Å². The number of hydrogen-bond donors (Lipinski definition) is 3. The highest BCUT2D eigenvalue weighted by Gasteiger charge is 2.27. The molecular weight excluding hydrogens is 232 g/mol. The van der Waals surface area contributed by atoms with Gasteiger partial charge in [0.25, 0.3) is 0 Å². The van der Waals surface area contributed by atoms with Crippen molar-refractivity contribution in [3.05, 3.63) is 35.4 Å². The third-order valence-corrected chi connectivity index (χ3v) is 3.33. The normalized spacial score (nSPS) is 18.9. The molecule has 1 aliphatic rings. The number of Topliss-reactive ketones (excluding diaryl/α,β-unsaturated/α-hetero) is 1. The number of phenolic OH excluding ortho intramolecular Hbond substituents is 2. The van der Waals surface area contributed by atoms with Crippen molar-refractivity contribution in [2.75, 3.05) is 0 Å². The lowest BCUT2D eigenvalue weighted by Gasteiger charge is -2.21. The van der Waals surface area contributed by atoms with Gasteiger partial charge in [-0.1, -0.05) is 0 Å². The molecule has 3 rings (SSSR count). The summed E-state index contributed by atoms with van der Waals surface area (Å²) in [5, 5.41) is 30.4. The summed E-state index contributed by atoms with van der Waals surface area (Å²) in [6.07, 6.45) is -0.302. The Morgan fingerprint density at radius 3 is 2.67 bits per heavy atom. The molecule has 0 spiro atoms. The lowest BCUT2D eigenvalue weighted by atomic mass is 9.86. The Morgan fingerprint density at radius 1 is 1.11 bits per heavy atom. The summed E-state index contributed by atoms with van der Waals surface area (Å²) in [5.74, 6) is -0.194. The zero-order valence-electron chi connectivity index (χ0n) is 9.55. The van der Waals surface area contributed by atoms with Crippen LogP contribution in [0.15, 0.2) is 24.3 Å². The maximum Gasteiger partial charge on any atom is 0.169 e. The van der Waals surface area contributed by atoms with Crippen LogP contribution < -0.4 is 0 Å². The third-order valence-electron chi connectivity index (χ3n) is 3.33. The van der Waals surface area contributed by atoms with Crippen LogP contribution in [0.3, 0.4) is 0 Å². The Hall–Kier alpha value is -2.07. The highest BCUT2D eigenvalue weighted by Crippen LogP contribution is 2.37. The highest BCUT2D eigenvalue weighted by atomic mass is 16.3. The largest absolute Gasteiger partial charge is 0.508 e. The van der Waals surface area contributed by atoms with Gasteiger partial charge in [0.2, 0.25) is 0 Å². The minimum atomic E-state index is -0.695. The number of aromatic hydroxyl groups is 2. The van der Waals surface area contributed by atoms with Crippen LogP contribution in [0.25, 0.3) is 10.8 Å². The van der Waals surface area contributed by atoms with Gasteiger partial charge in [-0.15, -0.1) is 0 Å². The number of carbonyl (C=O) groups excluding carboxylic acids is 1. The number of rotatable bonds is 0. The number of carbonyl (C=O) groups is 1. The number of hydrogen-bond acceptors (Lipinski definition) is 4. The second-order valence-electron chi connectivity index (χ2n) is 4.65. The molecule has 0 aliphatic heterocycles. The van der Waals surface area contributed by atoms with E-state index in [-0.39, 0.29) is 23.7 Å². The fourth-order valence-corrected chi connectivity index (χ4v) is 2.55. The number of benzene rings is 2. The average molecular weight is 244 g/mol. The molecule has 2 aromatic carbocycles. The topological polar surface area (TPSA) is 77.8 Å². The van der Waals surface area contributed by atoms with Crippen LogP contribution >= 0.6 is 0 Å². The van der Waals surface area contributed by atoms with Crippen molar-refractivity contribution < 1.29 is 20.1 Å². The molecule has 92 valence electrons. The molecule has 0 radical (unpaired) electrons. The van der Waals surface area contributed by atoms with Crippen LogP contribution in [0.1, 0.15) is 22.3 Å². The summed E-state index contributed by atoms with van der Waals surface area (Å²) < 4.78 is 0. The molecule has 0 amide bonds. The first-order valence-electron chi connectivity index (χ1n) is 5.75. The lowest BCUT2D eigenvalue weighted by Crippen LogP contribution is -2.24. The molecular formula is C14H12O4. The fraction of sp³-hybridized carbons (Fsp3) is 0.214. The molecule has 1 atom stereocenters. The zero-order valence-corrected chi connectivity index (χ0v) is 9.55. The summed E-state index contributed by atoms with van der Waals surface area (Å²) >= 11 is 0. The molecule has 3 N–H and O–H groups in total. The van der Waals surface area contributed by atoms with Crippen LogP contribution in [-0.4, -0.2) is 27.2 Å². The summed E-state index contributed by atoms with van der Waals surface area (Å²) in [7, 11) is 0. The van der Waals surface area contributed by atoms with Gasteiger partial charge in [0.05, 0.1) is 11.7 Å². The Labute approximate surface area is 103 Å². The monoisotopic (exact) mass is 244 g/mol. The molecule has 0 saturated heterocycles. The Morgan fingerprint density at radius 2 is 1.89 bits per heavy atom. The predicted molar refractivity (Wildman–Crippen MR) is 65.9 cm³/mol. The maximum atomic E-state index is 11.9. The van der Waals surface area contributed by atoms with Gasteiger partial charge in [-0.2, -0.15) is 0 Å². The van der Waals surface area contributed by atoms with Gasteiger partial charge in [0, 0.05) is 11.8 Å². The van der Waals surface area contributed by atoms with E-state index in [0.717, 1.165) is 0 Å². The summed E-state index contributed by atoms with van der Waals surface area (Å²) in [6, 6.07) is 6.32. The summed E-state index contributed by atoms with van der Waals surface area (Å²) in [6.45, 7) is 0. The van der Waals surface area contributed by atoms with E-state index in [2.05, 4.69) is 0 Å². The van der Waals surface area contributed by atoms with E-state index >= 15 is 0 Å². The average Bonchev–Trinajstić information content (AvgIpc) is 2.27. The Kier molecular flexibility index (Phi) is 2.28. The van der Waals surface area contributed by atoms with Gasteiger partial charge in [-0.25, -0.2) is 0 Å². The van der Waals surface area contributed by atoms with Crippen LogP contribution in [-0.2, 0) is 6.42 Å². The van der Waals surface area contributed by atoms with Crippen LogP contribution in [0.2, 0.25) is 0 Å². The van der Waals surface area contributed by atoms with E-state index in [4.69, 9.17) is 0 Å². The van der Waals surface area contributed by atoms with Gasteiger partial charge in [0.1, 0.15) is 11.5 Å². The van der Waals surface area contributed by atoms with E-state index in [9.17, 15) is 20.1 Å². The highest BCUT2D eigenvalue weighted by molar-refractivity contribution is 6.07. The molecule has 4 heteroatoms. The molecule has 1 aliphatic carbocycles. The fourth-order valence-electron chi connectivity index (χ4n) is 2.55. The minimum absolute atomic E-state index is 0.0458. The van der Waals surface area contributed by atoms with Crippen molar-refractivity contribution in [2.45, 2.75) is 18.9 Å². The van der Waals surface area contributed by atoms with Gasteiger partial charge >= 0.3 is 0 Å². The molecule has 0 saturated carbocycles. The van der Waals surface area contributed by atoms with Gasteiger partial charge in [-0.3, -0.25) is 4.79 Å². The number of ketones is 1. The summed E-state index contributed by atoms with van der Waals surface area (Å²) in [4.78, 5) is 11.9. The second-order valence-corrected chi connectivity index (χ2v) is 4.65. The summed E-state index contributed by atoms with van der Waals surface area (Å²) in [5.41, 5.74) is 0.938. The second kappa shape index (κ2) is 3.71. The quantitative estimate of drug-likeness (QED) is 0.659. The standard InChI is InChI=1S/C14H12O4/c15-9-1-2-11-7(4-9)3-8-5-10(16)6-12(17)13(8)14(11)18/h1-4,10,15-16,18H,5-6H2. The third kappa shape index (κ3) is 1.54. The van der Waals surface area contributed by atoms with Crippen molar-refractivity contribution in [2.24, 2.45) is 0 Å². The maximum absolute atomic E-state index is 11.9. The van der Waals surface area contributed by atoms with Gasteiger partial charge < -0.3 is 15.3 Å². The molecule has 1 unspecified atom stereocenters. The van der Waals surface area contributed by atoms with E-state index in [1.54, 1.807) is 12.1 Å². The first-order chi connectivity index (χ1) is 8.56. The predicted octanol–water partition coefficient (Wildman–Crippen LogP) is 1.74. The Bertz CT molecular complexity index is 660. The molecule has 0 bridgehead atoms. The number of phenols is 2. The number of aliphatic hydroxyl groups is 1. The van der Waals surface area contributed by atoms with E-state index in [1.165, 1.54) is 12.1 Å². The minimum Gasteiger partial charge on any atom is -0.508 e. The lowest BCUT2D eigenvalue weighted by molar-refractivity contribution is 0.0850. The molecule has 2 aromatic rings. The van der Waals surface area contributed by atoms with Gasteiger partial charge in [-0.05, 0) is 41.6 Å². The first kappa shape index (κ1) is 11.0. The molecule has 0 aromatic heterocycles. The van der Waals surface area contributed by atoms with Crippen LogP contribution in [0.5, 0.6) is 11.5 Å². The van der Waals surface area contributed by atoms with Crippen LogP contribution in [0.4, 0.5) is 0 Å². The smallest absolute Gasteiger partial charge is 0.169 e. The van der Waals surface area contributed by atoms with E-state index < -0.39 is 6.10 Å². The van der Waals surface area contributed by atoms with Gasteiger partial charge in [0.15, 0.2) is 5.78 Å². The molecule has 0 fully saturated rings. The molecule has 4 nitrogen and oxygen atoms in total. The van der Waals surface area contributed by atoms with Crippen molar-refractivity contribution in [3.63, 3.8) is 0 Å². The zero-order chi connectivity index (χ0) is 12.9. The molecule has 0 heterocycles. The van der Waals surface area contributed by atoms with Crippen molar-refractivity contribution in [1.82, 2.24) is 0 Å². The first-order valence-corrected chi connectivity index (χ1v) is 5.75. The molecule has 18 heavy (non-hydrogen) atoms. The van der Waals surface area contributed by atoms with Crippen molar-refractivity contribution in [3.8, 4) is 11.5 Å².